The Morgan fingerprint density at radius 3 is 2.14 bits per heavy atom. The number of carbonyl (C=O) groups is 7. The number of thiazole rings is 6. The normalized spacial score (nSPS) is 19.7. The van der Waals surface area contributed by atoms with E-state index in [9.17, 15) is 38.7 Å². The summed E-state index contributed by atoms with van der Waals surface area (Å²) < 4.78 is 5.89. The van der Waals surface area contributed by atoms with Crippen LogP contribution in [0.4, 0.5) is 0 Å². The lowest BCUT2D eigenvalue weighted by atomic mass is 10.0. The Labute approximate surface area is 508 Å². The number of hydrogen-bond donors (Lipinski definition) is 7. The lowest BCUT2D eigenvalue weighted by molar-refractivity contribution is -0.138. The molecule has 6 unspecified atom stereocenters. The Morgan fingerprint density at radius 2 is 1.39 bits per heavy atom. The van der Waals surface area contributed by atoms with Crippen LogP contribution in [-0.2, 0) is 23.9 Å². The van der Waals surface area contributed by atoms with Crippen molar-refractivity contribution in [2.24, 2.45) is 16.6 Å². The van der Waals surface area contributed by atoms with Gasteiger partial charge in [0.05, 0.1) is 30.7 Å². The van der Waals surface area contributed by atoms with Crippen LogP contribution in [0.2, 0.25) is 0 Å². The maximum absolute atomic E-state index is 14.3. The zero-order valence-electron chi connectivity index (χ0n) is 45.9. The molecule has 1 fully saturated rings. The van der Waals surface area contributed by atoms with E-state index < -0.39 is 78.3 Å². The molecule has 6 atom stereocenters. The molecule has 3 aliphatic rings. The van der Waals surface area contributed by atoms with Crippen molar-refractivity contribution in [2.45, 2.75) is 83.3 Å². The summed E-state index contributed by atoms with van der Waals surface area (Å²) in [6, 6.07) is 8.04. The molecule has 3 aliphatic heterocycles. The van der Waals surface area contributed by atoms with E-state index in [1.165, 1.54) is 68.6 Å². The highest BCUT2D eigenvalue weighted by molar-refractivity contribution is 7.15. The van der Waals surface area contributed by atoms with E-state index in [-0.39, 0.29) is 47.8 Å². The number of aromatic nitrogens is 7. The molecule has 438 valence electrons. The van der Waals surface area contributed by atoms with Crippen LogP contribution in [0, 0.1) is 19.8 Å². The minimum Gasteiger partial charge on any atom is -0.473 e. The predicted octanol–water partition coefficient (Wildman–Crippen LogP) is 6.10. The number of nitrogens with two attached hydrogens (primary N) is 1. The highest BCUT2D eigenvalue weighted by Crippen LogP contribution is 2.40. The average Bonchev–Trinajstić information content (AvgIpc) is 2.72. The van der Waals surface area contributed by atoms with Gasteiger partial charge in [-0.2, -0.15) is 0 Å². The second-order valence-corrected chi connectivity index (χ2v) is 26.2. The molecule has 7 amide bonds. The summed E-state index contributed by atoms with van der Waals surface area (Å²) in [5, 5.41) is 35.3. The van der Waals surface area contributed by atoms with E-state index in [1.807, 2.05) is 13.8 Å². The summed E-state index contributed by atoms with van der Waals surface area (Å²) >= 11 is 7.28. The van der Waals surface area contributed by atoms with Crippen LogP contribution in [0.3, 0.4) is 0 Å². The van der Waals surface area contributed by atoms with E-state index in [1.54, 1.807) is 77.8 Å². The van der Waals surface area contributed by atoms with Crippen LogP contribution in [0.5, 0.6) is 0 Å². The van der Waals surface area contributed by atoms with Crippen molar-refractivity contribution in [1.82, 2.24) is 66.4 Å². The molecule has 10 bridgehead atoms. The Balaban J connectivity index is 0.965. The molecule has 0 aliphatic carbocycles. The zero-order chi connectivity index (χ0) is 59.8. The molecule has 8 aromatic rings. The first-order chi connectivity index (χ1) is 40.9. The van der Waals surface area contributed by atoms with E-state index in [4.69, 9.17) is 40.4 Å². The smallest absolute Gasteiger partial charge is 0.271 e. The van der Waals surface area contributed by atoms with Gasteiger partial charge in [-0.1, -0.05) is 44.2 Å². The van der Waals surface area contributed by atoms with Crippen LogP contribution in [0.25, 0.3) is 43.4 Å². The number of aliphatic hydroxyl groups is 1. The summed E-state index contributed by atoms with van der Waals surface area (Å²) in [5.74, 6) is -3.75. The van der Waals surface area contributed by atoms with Crippen molar-refractivity contribution in [3.8, 4) is 43.4 Å². The summed E-state index contributed by atoms with van der Waals surface area (Å²) in [7, 11) is 1.48. The van der Waals surface area contributed by atoms with Gasteiger partial charge in [-0.15, -0.1) is 68.0 Å². The van der Waals surface area contributed by atoms with E-state index in [0.717, 1.165) is 11.3 Å². The summed E-state index contributed by atoms with van der Waals surface area (Å²) in [6.45, 7) is 7.10. The van der Waals surface area contributed by atoms with Gasteiger partial charge in [-0.05, 0) is 50.3 Å². The molecular formula is C55H53N15O9S6. The number of hydrogen-bond acceptors (Lipinski definition) is 23. The van der Waals surface area contributed by atoms with Gasteiger partial charge in [0.2, 0.25) is 23.6 Å². The molecule has 1 saturated heterocycles. The maximum atomic E-state index is 14.3. The number of pyridine rings is 1. The zero-order valence-corrected chi connectivity index (χ0v) is 50.8. The highest BCUT2D eigenvalue weighted by atomic mass is 32.1. The Kier molecular flexibility index (Phi) is 17.1. The number of rotatable bonds is 9. The van der Waals surface area contributed by atoms with Gasteiger partial charge in [-0.3, -0.25) is 33.6 Å². The van der Waals surface area contributed by atoms with Crippen molar-refractivity contribution in [3.63, 3.8) is 0 Å². The summed E-state index contributed by atoms with van der Waals surface area (Å²) in [4.78, 5) is 136. The van der Waals surface area contributed by atoms with Gasteiger partial charge in [0.25, 0.3) is 23.6 Å². The number of benzene rings is 1. The highest BCUT2D eigenvalue weighted by Gasteiger charge is 2.39. The van der Waals surface area contributed by atoms with Gasteiger partial charge in [0.1, 0.15) is 94.7 Å². The minimum atomic E-state index is -1.27. The first-order valence-corrected chi connectivity index (χ1v) is 31.8. The van der Waals surface area contributed by atoms with Gasteiger partial charge < -0.3 is 47.1 Å². The fourth-order valence-corrected chi connectivity index (χ4v) is 15.1. The lowest BCUT2D eigenvalue weighted by Crippen LogP contribution is -2.47. The second-order valence-electron chi connectivity index (χ2n) is 20.2. The molecule has 85 heavy (non-hydrogen) atoms. The van der Waals surface area contributed by atoms with Crippen molar-refractivity contribution >= 4 is 115 Å². The first-order valence-electron chi connectivity index (χ1n) is 26.6. The van der Waals surface area contributed by atoms with E-state index in [0.29, 0.717) is 98.8 Å². The monoisotopic (exact) mass is 1260 g/mol. The quantitative estimate of drug-likeness (QED) is 0.0859. The molecule has 0 saturated carbocycles. The molecule has 30 heteroatoms. The summed E-state index contributed by atoms with van der Waals surface area (Å²) in [5.41, 5.74) is 8.79. The van der Waals surface area contributed by atoms with Crippen LogP contribution in [-0.4, -0.2) is 131 Å². The van der Waals surface area contributed by atoms with Crippen molar-refractivity contribution in [3.05, 3.63) is 117 Å². The SMILES string of the molecule is CNC(=O)CC1NC(=O)c2csc(n2)-c2ccc(-c3nc(C4=NC(C(=O)N5CCCC5C(N)=O)CO4)cs3)nc2-c2csc(n2)-c2csc(n2)C(C(O)c2ccccc2)NC(=O)CNC(=O)c2nc(sc2C)C(C(C)C)NC(=O)c2nc1sc2C. The fraction of sp³-hybridized carbons (Fsp3) is 0.327. The largest absolute Gasteiger partial charge is 0.473 e. The third-order valence-electron chi connectivity index (χ3n) is 14.1. The second kappa shape index (κ2) is 24.8. The number of likely N-dealkylation sites (tertiary alicyclic amines) is 1. The van der Waals surface area contributed by atoms with Crippen LogP contribution < -0.4 is 32.3 Å². The topological polar surface area (TPSA) is 341 Å². The number of primary amides is 1. The lowest BCUT2D eigenvalue weighted by Gasteiger charge is -2.23. The van der Waals surface area contributed by atoms with Gasteiger partial charge >= 0.3 is 0 Å². The molecule has 1 aromatic carbocycles. The van der Waals surface area contributed by atoms with Crippen molar-refractivity contribution in [1.29, 1.82) is 0 Å². The number of aliphatic imine (C=N–C) groups is 1. The first kappa shape index (κ1) is 58.6. The Hall–Kier alpha value is -8.13. The molecule has 0 radical (unpaired) electrons. The van der Waals surface area contributed by atoms with Crippen LogP contribution in [0.15, 0.2) is 69.0 Å². The molecular weight excluding hydrogens is 1210 g/mol. The molecule has 10 heterocycles. The van der Waals surface area contributed by atoms with Crippen LogP contribution in [0.1, 0.15) is 125 Å². The number of ether oxygens (including phenoxy) is 1. The Morgan fingerprint density at radius 1 is 0.718 bits per heavy atom. The number of amides is 7. The number of nitrogens with zero attached hydrogens (tertiary/aromatic N) is 9. The van der Waals surface area contributed by atoms with Crippen molar-refractivity contribution < 1.29 is 43.4 Å². The van der Waals surface area contributed by atoms with Crippen molar-refractivity contribution in [2.75, 3.05) is 26.7 Å². The van der Waals surface area contributed by atoms with E-state index >= 15 is 0 Å². The average molecular weight is 1260 g/mol. The predicted molar refractivity (Wildman–Crippen MR) is 321 cm³/mol. The standard InChI is InChI=1S/C55H53N15O9S6/c1-23(2)38-54-69-39(24(3)85-54)46(76)58-17-37(72)66-42(43(73)26-10-7-6-8-11-26)53-65-34(22-83-53)51-62-31(19-81-51)41-27(49-63-32(20-80-49)45(75)60-29(16-36(71)57-5)52-68-40(25(4)84-52)47(77)67-38)13-14-28(59-41)50-64-33(21-82-50)48-61-30(18-79-48)55(78)70-15-9-12-35(70)44(56)74/h6-8,10-11,13-14,19-23,29-30,35,38,42-43,73H,9,12,15-18H2,1-5H3,(H2,56,74)(H,57,71)(H,58,76)(H,60,75)(H,66,72)(H,67,77). The molecule has 0 spiro atoms. The molecule has 24 nitrogen and oxygen atoms in total. The molecule has 7 aromatic heterocycles. The number of carbonyl (C=O) groups excluding carboxylic acids is 7. The van der Waals surface area contributed by atoms with Crippen LogP contribution >= 0.6 is 68.0 Å². The summed E-state index contributed by atoms with van der Waals surface area (Å²) in [6.07, 6.45) is -0.341. The number of nitrogens with one attached hydrogen (secondary N) is 5. The van der Waals surface area contributed by atoms with Gasteiger partial charge in [0.15, 0.2) is 6.04 Å². The molecule has 11 rings (SSSR count). The maximum Gasteiger partial charge on any atom is 0.271 e. The number of aryl methyl sites for hydroxylation is 2. The third kappa shape index (κ3) is 12.4. The van der Waals surface area contributed by atoms with Gasteiger partial charge in [-0.25, -0.2) is 39.9 Å². The van der Waals surface area contributed by atoms with Gasteiger partial charge in [0, 0.05) is 50.4 Å². The molecule has 8 N–H and O–H groups in total. The third-order valence-corrected chi connectivity index (χ3v) is 19.8. The minimum absolute atomic E-state index is 0.0283. The fourth-order valence-electron chi connectivity index (χ4n) is 9.69. The van der Waals surface area contributed by atoms with E-state index in [2.05, 4.69) is 36.6 Å². The Bertz CT molecular complexity index is 3940. The number of fused-ring (bicyclic) bond motifs is 14. The number of aliphatic hydroxyl groups excluding tert-OH is 1.